The average Bonchev–Trinajstić information content (AvgIpc) is 3.28. The monoisotopic (exact) mass is 413 g/mol. The predicted octanol–water partition coefficient (Wildman–Crippen LogP) is 4.16. The fourth-order valence-electron chi connectivity index (χ4n) is 4.62. The average molecular weight is 413 g/mol. The molecule has 4 heterocycles. The molecule has 0 saturated heterocycles. The number of aryl methyl sites for hydroxylation is 2. The number of benzene rings is 2. The normalized spacial score (nSPS) is 13.6. The number of hydrogen-bond acceptors (Lipinski definition) is 5. The van der Waals surface area contributed by atoms with Crippen molar-refractivity contribution in [3.8, 4) is 45.4 Å². The minimum absolute atomic E-state index is 0.277. The minimum atomic E-state index is 0.277. The third-order valence-electron chi connectivity index (χ3n) is 6.11. The molecule has 0 N–H and O–H groups in total. The number of methoxy groups -OCH3 is 2. The molecule has 2 aromatic carbocycles. The van der Waals surface area contributed by atoms with E-state index in [0.717, 1.165) is 57.8 Å². The summed E-state index contributed by atoms with van der Waals surface area (Å²) in [6, 6.07) is 12.5. The van der Waals surface area contributed by atoms with Crippen LogP contribution in [0.15, 0.2) is 55.0 Å². The van der Waals surface area contributed by atoms with Gasteiger partial charge in [0.15, 0.2) is 35.7 Å². The van der Waals surface area contributed by atoms with Gasteiger partial charge >= 0.3 is 0 Å². The van der Waals surface area contributed by atoms with Gasteiger partial charge in [-0.1, -0.05) is 0 Å². The maximum atomic E-state index is 5.77. The number of rotatable bonds is 3. The van der Waals surface area contributed by atoms with Crippen molar-refractivity contribution < 1.29 is 23.5 Å². The second-order valence-corrected chi connectivity index (χ2v) is 7.69. The van der Waals surface area contributed by atoms with Gasteiger partial charge in [0.05, 0.1) is 25.2 Å². The number of pyridine rings is 2. The minimum Gasteiger partial charge on any atom is -0.493 e. The van der Waals surface area contributed by atoms with E-state index in [-0.39, 0.29) is 6.79 Å². The molecule has 0 saturated carbocycles. The van der Waals surface area contributed by atoms with Crippen LogP contribution in [0.1, 0.15) is 5.56 Å². The molecule has 0 radical (unpaired) electrons. The highest BCUT2D eigenvalue weighted by Gasteiger charge is 2.29. The number of hydrogen-bond donors (Lipinski definition) is 0. The van der Waals surface area contributed by atoms with Gasteiger partial charge in [-0.3, -0.25) is 4.98 Å². The molecule has 2 aliphatic heterocycles. The molecular weight excluding hydrogens is 392 g/mol. The molecule has 6 rings (SSSR count). The van der Waals surface area contributed by atoms with E-state index in [9.17, 15) is 0 Å². The fourth-order valence-corrected chi connectivity index (χ4v) is 4.62. The van der Waals surface area contributed by atoms with Crippen molar-refractivity contribution in [1.82, 2.24) is 4.98 Å². The highest BCUT2D eigenvalue weighted by Crippen LogP contribution is 2.44. The smallest absolute Gasteiger partial charge is 0.231 e. The highest BCUT2D eigenvalue weighted by atomic mass is 16.7. The Labute approximate surface area is 179 Å². The van der Waals surface area contributed by atoms with E-state index in [4.69, 9.17) is 18.9 Å². The lowest BCUT2D eigenvalue weighted by Gasteiger charge is -2.19. The Hall–Kier alpha value is -3.80. The van der Waals surface area contributed by atoms with Crippen LogP contribution in [0.3, 0.4) is 0 Å². The predicted molar refractivity (Wildman–Crippen MR) is 116 cm³/mol. The number of aromatic nitrogens is 2. The summed E-state index contributed by atoms with van der Waals surface area (Å²) in [5.74, 6) is 3.08. The Bertz CT molecular complexity index is 1340. The molecule has 0 unspecified atom stereocenters. The van der Waals surface area contributed by atoms with Gasteiger partial charge < -0.3 is 18.9 Å². The summed E-state index contributed by atoms with van der Waals surface area (Å²) in [5, 5.41) is 2.11. The molecular formula is C25H21N2O4+. The number of fused-ring (bicyclic) bond motifs is 5. The Morgan fingerprint density at radius 2 is 1.71 bits per heavy atom. The van der Waals surface area contributed by atoms with Crippen LogP contribution in [-0.4, -0.2) is 26.0 Å². The summed E-state index contributed by atoms with van der Waals surface area (Å²) in [7, 11) is 3.36. The molecule has 0 atom stereocenters. The lowest BCUT2D eigenvalue weighted by atomic mass is 9.92. The Balaban J connectivity index is 1.67. The van der Waals surface area contributed by atoms with Crippen LogP contribution in [0.5, 0.6) is 23.0 Å². The van der Waals surface area contributed by atoms with Crippen molar-refractivity contribution >= 4 is 10.8 Å². The van der Waals surface area contributed by atoms with Gasteiger partial charge in [-0.05, 0) is 47.0 Å². The van der Waals surface area contributed by atoms with Crippen molar-refractivity contribution in [2.75, 3.05) is 21.0 Å². The van der Waals surface area contributed by atoms with E-state index in [0.29, 0.717) is 5.75 Å². The quantitative estimate of drug-likeness (QED) is 0.472. The Kier molecular flexibility index (Phi) is 3.99. The summed E-state index contributed by atoms with van der Waals surface area (Å²) >= 11 is 0. The van der Waals surface area contributed by atoms with Gasteiger partial charge in [0.25, 0.3) is 0 Å². The van der Waals surface area contributed by atoms with E-state index in [1.807, 2.05) is 18.2 Å². The van der Waals surface area contributed by atoms with Crippen LogP contribution in [0.2, 0.25) is 0 Å². The maximum Gasteiger partial charge on any atom is 0.231 e. The summed E-state index contributed by atoms with van der Waals surface area (Å²) in [6.45, 7) is 1.15. The van der Waals surface area contributed by atoms with Gasteiger partial charge in [-0.15, -0.1) is 0 Å². The van der Waals surface area contributed by atoms with E-state index in [2.05, 4.69) is 33.9 Å². The summed E-state index contributed by atoms with van der Waals surface area (Å²) in [5.41, 5.74) is 5.75. The first-order chi connectivity index (χ1) is 15.3. The van der Waals surface area contributed by atoms with Gasteiger partial charge in [0.1, 0.15) is 0 Å². The second kappa shape index (κ2) is 6.87. The van der Waals surface area contributed by atoms with Crippen molar-refractivity contribution in [3.05, 3.63) is 60.6 Å². The van der Waals surface area contributed by atoms with E-state index in [1.54, 1.807) is 26.6 Å². The molecule has 0 fully saturated rings. The molecule has 6 nitrogen and oxygen atoms in total. The third-order valence-corrected chi connectivity index (χ3v) is 6.11. The zero-order valence-corrected chi connectivity index (χ0v) is 17.3. The van der Waals surface area contributed by atoms with Gasteiger partial charge in [-0.2, -0.15) is 4.57 Å². The Morgan fingerprint density at radius 3 is 2.48 bits per heavy atom. The number of ether oxygens (including phenoxy) is 4. The zero-order valence-electron chi connectivity index (χ0n) is 17.3. The number of nitrogens with zero attached hydrogens (tertiary/aromatic N) is 2. The van der Waals surface area contributed by atoms with E-state index in [1.165, 1.54) is 11.1 Å². The van der Waals surface area contributed by atoms with E-state index >= 15 is 0 Å². The summed E-state index contributed by atoms with van der Waals surface area (Å²) < 4.78 is 25.0. The maximum absolute atomic E-state index is 5.77. The summed E-state index contributed by atoms with van der Waals surface area (Å²) in [4.78, 5) is 4.17. The first-order valence-corrected chi connectivity index (χ1v) is 10.2. The van der Waals surface area contributed by atoms with Crippen LogP contribution in [0.4, 0.5) is 0 Å². The van der Waals surface area contributed by atoms with Gasteiger partial charge in [0, 0.05) is 30.3 Å². The van der Waals surface area contributed by atoms with Crippen LogP contribution in [0.25, 0.3) is 33.2 Å². The van der Waals surface area contributed by atoms with Gasteiger partial charge in [0.2, 0.25) is 12.5 Å². The molecule has 2 aliphatic rings. The third kappa shape index (κ3) is 2.71. The molecule has 0 spiro atoms. The Morgan fingerprint density at radius 1 is 0.903 bits per heavy atom. The second-order valence-electron chi connectivity index (χ2n) is 7.69. The van der Waals surface area contributed by atoms with Crippen molar-refractivity contribution in [1.29, 1.82) is 0 Å². The first kappa shape index (κ1) is 18.0. The zero-order chi connectivity index (χ0) is 20.9. The molecule has 31 heavy (non-hydrogen) atoms. The lowest BCUT2D eigenvalue weighted by Crippen LogP contribution is -2.40. The lowest BCUT2D eigenvalue weighted by molar-refractivity contribution is -0.686. The van der Waals surface area contributed by atoms with Crippen LogP contribution in [-0.2, 0) is 13.0 Å². The molecule has 6 heteroatoms. The van der Waals surface area contributed by atoms with Crippen molar-refractivity contribution in [3.63, 3.8) is 0 Å². The molecule has 0 aliphatic carbocycles. The van der Waals surface area contributed by atoms with Crippen LogP contribution >= 0.6 is 0 Å². The molecule has 0 bridgehead atoms. The topological polar surface area (TPSA) is 53.7 Å². The molecule has 0 amide bonds. The van der Waals surface area contributed by atoms with Crippen LogP contribution < -0.4 is 23.5 Å². The molecule has 4 aromatic rings. The molecule has 2 aromatic heterocycles. The standard InChI is InChI=1S/C25H21N2O4/c1-28-24-11-17(15-3-6-26-7-4-15)19-10-21-18-12-23-22(30-14-31-23)9-16(18)5-8-27(21)13-20(19)25(24)29-2/h3-4,6-7,9-13H,5,8,14H2,1-2H3/q+1. The van der Waals surface area contributed by atoms with Crippen molar-refractivity contribution in [2.45, 2.75) is 13.0 Å². The summed E-state index contributed by atoms with van der Waals surface area (Å²) in [6.07, 6.45) is 6.71. The largest absolute Gasteiger partial charge is 0.493 e. The first-order valence-electron chi connectivity index (χ1n) is 10.2. The SMILES string of the molecule is COc1cc(-c2ccncc2)c2cc3[n+](cc2c1OC)CCc1cc2c(cc1-3)OCO2. The van der Waals surface area contributed by atoms with E-state index < -0.39 is 0 Å². The molecule has 154 valence electrons. The fraction of sp³-hybridized carbons (Fsp3) is 0.200. The van der Waals surface area contributed by atoms with Gasteiger partial charge in [-0.25, -0.2) is 0 Å². The van der Waals surface area contributed by atoms with Crippen molar-refractivity contribution in [2.24, 2.45) is 0 Å². The highest BCUT2D eigenvalue weighted by molar-refractivity contribution is 6.02. The van der Waals surface area contributed by atoms with Crippen LogP contribution in [0, 0.1) is 0 Å².